The maximum Gasteiger partial charge on any atom is 0.274 e. The number of halogens is 1. The number of ether oxygens (including phenoxy) is 2. The number of hydrogen-bond donors (Lipinski definition) is 5. The van der Waals surface area contributed by atoms with Crippen molar-refractivity contribution in [2.24, 2.45) is 0 Å². The Hall–Kier alpha value is -4.62. The van der Waals surface area contributed by atoms with Crippen molar-refractivity contribution >= 4 is 29.1 Å². The largest absolute Gasteiger partial charge is 0.495 e. The van der Waals surface area contributed by atoms with Crippen LogP contribution in [0, 0.1) is 6.92 Å². The van der Waals surface area contributed by atoms with Gasteiger partial charge in [-0.1, -0.05) is 29.8 Å². The van der Waals surface area contributed by atoms with Gasteiger partial charge in [0, 0.05) is 72.8 Å². The molecule has 1 saturated heterocycles. The lowest BCUT2D eigenvalue weighted by Crippen LogP contribution is -2.35. The summed E-state index contributed by atoms with van der Waals surface area (Å²) in [5, 5.41) is 21.9. The van der Waals surface area contributed by atoms with Crippen LogP contribution in [0.15, 0.2) is 54.9 Å². The Bertz CT molecular complexity index is 1750. The van der Waals surface area contributed by atoms with Gasteiger partial charge in [0.05, 0.1) is 43.4 Å². The van der Waals surface area contributed by atoms with E-state index in [9.17, 15) is 9.59 Å². The average molecular weight is 660 g/mol. The van der Waals surface area contributed by atoms with Crippen LogP contribution in [0.2, 0.25) is 5.02 Å². The number of hydrogen-bond acceptors (Lipinski definition) is 10. The second-order valence-corrected chi connectivity index (χ2v) is 11.4. The normalized spacial score (nSPS) is 14.1. The van der Waals surface area contributed by atoms with Crippen LogP contribution in [0.3, 0.4) is 0 Å². The van der Waals surface area contributed by atoms with Crippen molar-refractivity contribution in [2.75, 3.05) is 39.2 Å². The zero-order valence-electron chi connectivity index (χ0n) is 26.5. The van der Waals surface area contributed by atoms with Gasteiger partial charge in [0.25, 0.3) is 5.91 Å². The maximum absolute atomic E-state index is 13.3. The summed E-state index contributed by atoms with van der Waals surface area (Å²) < 4.78 is 11.0. The predicted octanol–water partition coefficient (Wildman–Crippen LogP) is 3.89. The lowest BCUT2D eigenvalue weighted by Gasteiger charge is -2.16. The fourth-order valence-corrected chi connectivity index (χ4v) is 5.73. The fraction of sp³-hybridized carbons (Fsp3) is 0.324. The molecule has 4 aromatic rings. The van der Waals surface area contributed by atoms with Crippen LogP contribution < -0.4 is 30.7 Å². The van der Waals surface area contributed by atoms with Crippen molar-refractivity contribution < 1.29 is 24.2 Å². The lowest BCUT2D eigenvalue weighted by atomic mass is 10.0. The summed E-state index contributed by atoms with van der Waals surface area (Å²) in [6, 6.07) is 13.0. The highest BCUT2D eigenvalue weighted by atomic mass is 35.5. The van der Waals surface area contributed by atoms with E-state index < -0.39 is 0 Å². The van der Waals surface area contributed by atoms with Gasteiger partial charge in [-0.2, -0.15) is 0 Å². The van der Waals surface area contributed by atoms with Crippen LogP contribution in [-0.2, 0) is 17.9 Å². The van der Waals surface area contributed by atoms with Gasteiger partial charge in [0.2, 0.25) is 11.8 Å². The van der Waals surface area contributed by atoms with Crippen molar-refractivity contribution in [2.45, 2.75) is 38.9 Å². The number of aromatic nitrogens is 3. The third kappa shape index (κ3) is 8.03. The summed E-state index contributed by atoms with van der Waals surface area (Å²) in [6.45, 7) is 3.90. The van der Waals surface area contributed by atoms with Crippen molar-refractivity contribution in [1.82, 2.24) is 30.9 Å². The average Bonchev–Trinajstić information content (AvgIpc) is 3.50. The first-order valence-corrected chi connectivity index (χ1v) is 15.6. The van der Waals surface area contributed by atoms with Gasteiger partial charge in [-0.05, 0) is 43.2 Å². The minimum atomic E-state index is -0.386. The highest BCUT2D eigenvalue weighted by Gasteiger charge is 2.21. The molecular weight excluding hydrogens is 622 g/mol. The summed E-state index contributed by atoms with van der Waals surface area (Å²) in [4.78, 5) is 38.4. The molecular formula is C34H38ClN7O5. The Labute approximate surface area is 278 Å². The van der Waals surface area contributed by atoms with E-state index in [0.29, 0.717) is 71.9 Å². The van der Waals surface area contributed by atoms with Gasteiger partial charge in [-0.15, -0.1) is 0 Å². The molecule has 1 atom stereocenters. The zero-order valence-corrected chi connectivity index (χ0v) is 27.3. The van der Waals surface area contributed by atoms with Crippen LogP contribution in [0.25, 0.3) is 22.5 Å². The Morgan fingerprint density at radius 2 is 1.89 bits per heavy atom. The SMILES string of the molecule is COc1cnc(C(=O)Nc2cccc(-c3nccc(-c4ccc(CNCC5CCC(=O)N5)c(OC)n4)c3Cl)c2C)cc1CNCCO. The minimum absolute atomic E-state index is 0.00304. The molecule has 1 unspecified atom stereocenters. The molecule has 1 fully saturated rings. The minimum Gasteiger partial charge on any atom is -0.495 e. The van der Waals surface area contributed by atoms with Crippen LogP contribution in [0.1, 0.15) is 40.0 Å². The van der Waals surface area contributed by atoms with Gasteiger partial charge >= 0.3 is 0 Å². The molecule has 5 rings (SSSR count). The Morgan fingerprint density at radius 3 is 2.64 bits per heavy atom. The van der Waals surface area contributed by atoms with E-state index in [0.717, 1.165) is 28.7 Å². The van der Waals surface area contributed by atoms with Gasteiger partial charge in [-0.25, -0.2) is 9.97 Å². The van der Waals surface area contributed by atoms with E-state index in [1.165, 1.54) is 13.3 Å². The highest BCUT2D eigenvalue weighted by Crippen LogP contribution is 2.38. The van der Waals surface area contributed by atoms with Crippen LogP contribution in [-0.4, -0.2) is 71.8 Å². The predicted molar refractivity (Wildman–Crippen MR) is 180 cm³/mol. The van der Waals surface area contributed by atoms with Gasteiger partial charge in [0.1, 0.15) is 11.4 Å². The van der Waals surface area contributed by atoms with Gasteiger partial charge < -0.3 is 35.8 Å². The van der Waals surface area contributed by atoms with Crippen molar-refractivity contribution in [3.05, 3.63) is 82.3 Å². The molecule has 0 bridgehead atoms. The van der Waals surface area contributed by atoms with Crippen LogP contribution >= 0.6 is 11.6 Å². The monoisotopic (exact) mass is 659 g/mol. The van der Waals surface area contributed by atoms with E-state index in [1.54, 1.807) is 25.4 Å². The molecule has 12 nitrogen and oxygen atoms in total. The number of anilines is 1. The topological polar surface area (TPSA) is 160 Å². The van der Waals surface area contributed by atoms with E-state index >= 15 is 0 Å². The molecule has 0 aliphatic carbocycles. The van der Waals surface area contributed by atoms with E-state index in [2.05, 4.69) is 31.2 Å². The molecule has 47 heavy (non-hydrogen) atoms. The van der Waals surface area contributed by atoms with Crippen molar-refractivity contribution in [3.8, 4) is 34.1 Å². The molecule has 1 aromatic carbocycles. The number of aliphatic hydroxyl groups excluding tert-OH is 1. The Morgan fingerprint density at radius 1 is 1.06 bits per heavy atom. The summed E-state index contributed by atoms with van der Waals surface area (Å²) in [5.41, 5.74) is 5.80. The molecule has 4 heterocycles. The van der Waals surface area contributed by atoms with Crippen LogP contribution in [0.5, 0.6) is 11.6 Å². The summed E-state index contributed by atoms with van der Waals surface area (Å²) in [5.74, 6) is 0.715. The zero-order chi connectivity index (χ0) is 33.3. The number of amides is 2. The van der Waals surface area contributed by atoms with Crippen molar-refractivity contribution in [3.63, 3.8) is 0 Å². The maximum atomic E-state index is 13.3. The molecule has 3 aromatic heterocycles. The van der Waals surface area contributed by atoms with Gasteiger partial charge in [0.15, 0.2) is 0 Å². The fourth-order valence-electron chi connectivity index (χ4n) is 5.42. The molecule has 0 spiro atoms. The molecule has 0 radical (unpaired) electrons. The summed E-state index contributed by atoms with van der Waals surface area (Å²) in [6.07, 6.45) is 4.57. The molecule has 1 aliphatic rings. The first-order chi connectivity index (χ1) is 22.8. The Kier molecular flexibility index (Phi) is 11.3. The molecule has 13 heteroatoms. The second-order valence-electron chi connectivity index (χ2n) is 11.0. The number of carbonyl (C=O) groups is 2. The summed E-state index contributed by atoms with van der Waals surface area (Å²) in [7, 11) is 3.11. The first kappa shape index (κ1) is 33.7. The highest BCUT2D eigenvalue weighted by molar-refractivity contribution is 6.35. The first-order valence-electron chi connectivity index (χ1n) is 15.3. The molecule has 5 N–H and O–H groups in total. The number of nitrogens with one attached hydrogen (secondary N) is 4. The third-order valence-corrected chi connectivity index (χ3v) is 8.31. The molecule has 246 valence electrons. The van der Waals surface area contributed by atoms with Crippen LogP contribution in [0.4, 0.5) is 5.69 Å². The second kappa shape index (κ2) is 15.8. The third-order valence-electron chi connectivity index (χ3n) is 7.93. The van der Waals surface area contributed by atoms with Gasteiger partial charge in [-0.3, -0.25) is 14.6 Å². The van der Waals surface area contributed by atoms with E-state index in [-0.39, 0.29) is 30.2 Å². The number of aliphatic hydroxyl groups is 1. The van der Waals surface area contributed by atoms with E-state index in [4.69, 9.17) is 31.2 Å². The smallest absolute Gasteiger partial charge is 0.274 e. The number of rotatable bonds is 14. The standard InChI is InChI=1S/C34H38ClN7O5/c1-20-24(5-4-6-26(20)41-33(45)28-15-22(17-36-13-14-43)29(46-2)19-39-28)32-31(35)25(11-12-38-32)27-9-7-21(34(42-27)47-3)16-37-18-23-8-10-30(44)40-23/h4-7,9,11-12,15,19,23,36-37,43H,8,10,13-14,16-18H2,1-3H3,(H,40,44)(H,41,45). The summed E-state index contributed by atoms with van der Waals surface area (Å²) >= 11 is 6.98. The number of nitrogens with zero attached hydrogens (tertiary/aromatic N) is 3. The molecule has 0 saturated carbocycles. The number of methoxy groups -OCH3 is 2. The van der Waals surface area contributed by atoms with E-state index in [1.807, 2.05) is 37.3 Å². The number of carbonyl (C=O) groups excluding carboxylic acids is 2. The number of pyridine rings is 3. The van der Waals surface area contributed by atoms with Crippen molar-refractivity contribution in [1.29, 1.82) is 0 Å². The molecule has 2 amide bonds. The quantitative estimate of drug-likeness (QED) is 0.126. The Balaban J connectivity index is 1.35. The number of benzene rings is 1. The molecule has 1 aliphatic heterocycles. The lowest BCUT2D eigenvalue weighted by molar-refractivity contribution is -0.119.